The minimum absolute atomic E-state index is 0.0880. The molecule has 9 heteroatoms. The fourth-order valence-electron chi connectivity index (χ4n) is 2.07. The standard InChI is InChI=1S/C16H16ClN3O5/c1-3-24-15(22)13-14(16(23)25-4-2)20(19-18-13)9-12(21)10-7-5-6-8-11(10)17/h5-8H,3-4,9H2,1-2H3. The van der Waals surface area contributed by atoms with Gasteiger partial charge in [-0.15, -0.1) is 5.10 Å². The second-order valence-corrected chi connectivity index (χ2v) is 5.20. The highest BCUT2D eigenvalue weighted by molar-refractivity contribution is 6.33. The van der Waals surface area contributed by atoms with Crippen molar-refractivity contribution in [2.45, 2.75) is 20.4 Å². The van der Waals surface area contributed by atoms with Crippen LogP contribution in [-0.2, 0) is 16.0 Å². The van der Waals surface area contributed by atoms with Crippen LogP contribution in [0.5, 0.6) is 0 Å². The molecule has 0 aliphatic heterocycles. The molecule has 0 saturated carbocycles. The molecule has 0 saturated heterocycles. The number of nitrogens with zero attached hydrogens (tertiary/aromatic N) is 3. The van der Waals surface area contributed by atoms with E-state index in [9.17, 15) is 14.4 Å². The van der Waals surface area contributed by atoms with Crippen LogP contribution in [0, 0.1) is 0 Å². The number of carbonyl (C=O) groups excluding carboxylic acids is 3. The van der Waals surface area contributed by atoms with Crippen molar-refractivity contribution in [1.29, 1.82) is 0 Å². The smallest absolute Gasteiger partial charge is 0.361 e. The summed E-state index contributed by atoms with van der Waals surface area (Å²) in [6.07, 6.45) is 0. The average Bonchev–Trinajstić information content (AvgIpc) is 2.99. The van der Waals surface area contributed by atoms with Crippen LogP contribution in [0.25, 0.3) is 0 Å². The molecule has 0 bridgehead atoms. The van der Waals surface area contributed by atoms with Crippen molar-refractivity contribution >= 4 is 29.3 Å². The van der Waals surface area contributed by atoms with Gasteiger partial charge in [0.25, 0.3) is 0 Å². The Bertz CT molecular complexity index is 803. The first kappa shape index (κ1) is 18.6. The second-order valence-electron chi connectivity index (χ2n) is 4.79. The Kier molecular flexibility index (Phi) is 6.24. The van der Waals surface area contributed by atoms with Crippen molar-refractivity contribution in [3.63, 3.8) is 0 Å². The summed E-state index contributed by atoms with van der Waals surface area (Å²) in [6.45, 7) is 3.10. The van der Waals surface area contributed by atoms with Gasteiger partial charge in [0.15, 0.2) is 11.5 Å². The van der Waals surface area contributed by atoms with E-state index in [4.69, 9.17) is 21.1 Å². The number of ether oxygens (including phenoxy) is 2. The lowest BCUT2D eigenvalue weighted by Crippen LogP contribution is -2.21. The van der Waals surface area contributed by atoms with Crippen LogP contribution >= 0.6 is 11.6 Å². The molecule has 2 rings (SSSR count). The number of Topliss-reactive ketones (excluding diaryl/α,β-unsaturated/α-hetero) is 1. The number of aromatic nitrogens is 3. The summed E-state index contributed by atoms with van der Waals surface area (Å²) in [5, 5.41) is 7.65. The van der Waals surface area contributed by atoms with Crippen molar-refractivity contribution < 1.29 is 23.9 Å². The van der Waals surface area contributed by atoms with Crippen LogP contribution in [0.1, 0.15) is 45.2 Å². The molecule has 2 aromatic rings. The first-order valence-electron chi connectivity index (χ1n) is 7.55. The fourth-order valence-corrected chi connectivity index (χ4v) is 2.31. The number of hydrogen-bond acceptors (Lipinski definition) is 7. The lowest BCUT2D eigenvalue weighted by Gasteiger charge is -2.07. The predicted molar refractivity (Wildman–Crippen MR) is 87.7 cm³/mol. The molecule has 1 heterocycles. The number of benzene rings is 1. The van der Waals surface area contributed by atoms with Gasteiger partial charge in [-0.2, -0.15) is 0 Å². The summed E-state index contributed by atoms with van der Waals surface area (Å²) < 4.78 is 10.8. The van der Waals surface area contributed by atoms with Crippen LogP contribution in [0.15, 0.2) is 24.3 Å². The Morgan fingerprint density at radius 2 is 1.72 bits per heavy atom. The molecule has 25 heavy (non-hydrogen) atoms. The van der Waals surface area contributed by atoms with E-state index in [1.165, 1.54) is 0 Å². The molecular weight excluding hydrogens is 350 g/mol. The van der Waals surface area contributed by atoms with Gasteiger partial charge in [0.2, 0.25) is 5.69 Å². The molecule has 0 aliphatic carbocycles. The molecule has 0 aliphatic rings. The maximum absolute atomic E-state index is 12.4. The zero-order valence-electron chi connectivity index (χ0n) is 13.7. The van der Waals surface area contributed by atoms with Gasteiger partial charge in [0.05, 0.1) is 18.2 Å². The van der Waals surface area contributed by atoms with Gasteiger partial charge in [0.1, 0.15) is 6.54 Å². The Hall–Kier alpha value is -2.74. The van der Waals surface area contributed by atoms with Crippen LogP contribution in [0.3, 0.4) is 0 Å². The van der Waals surface area contributed by atoms with E-state index < -0.39 is 17.7 Å². The Morgan fingerprint density at radius 3 is 2.36 bits per heavy atom. The van der Waals surface area contributed by atoms with Crippen LogP contribution in [0.2, 0.25) is 5.02 Å². The first-order chi connectivity index (χ1) is 12.0. The van der Waals surface area contributed by atoms with Gasteiger partial charge >= 0.3 is 11.9 Å². The topological polar surface area (TPSA) is 100 Å². The summed E-state index contributed by atoms with van der Waals surface area (Å²) in [7, 11) is 0. The molecule has 0 fully saturated rings. The van der Waals surface area contributed by atoms with Gasteiger partial charge in [-0.25, -0.2) is 14.3 Å². The molecule has 0 amide bonds. The van der Waals surface area contributed by atoms with E-state index in [0.717, 1.165) is 4.68 Å². The molecule has 0 unspecified atom stereocenters. The molecule has 0 radical (unpaired) electrons. The number of halogens is 1. The molecule has 1 aromatic heterocycles. The van der Waals surface area contributed by atoms with E-state index in [1.807, 2.05) is 0 Å². The van der Waals surface area contributed by atoms with E-state index >= 15 is 0 Å². The molecule has 132 valence electrons. The van der Waals surface area contributed by atoms with Gasteiger partial charge < -0.3 is 9.47 Å². The number of ketones is 1. The van der Waals surface area contributed by atoms with E-state index in [0.29, 0.717) is 0 Å². The third-order valence-electron chi connectivity index (χ3n) is 3.14. The highest BCUT2D eigenvalue weighted by atomic mass is 35.5. The predicted octanol–water partition coefficient (Wildman–Crippen LogP) is 2.17. The van der Waals surface area contributed by atoms with Crippen molar-refractivity contribution in [2.24, 2.45) is 0 Å². The minimum atomic E-state index is -0.818. The lowest BCUT2D eigenvalue weighted by atomic mass is 10.1. The van der Waals surface area contributed by atoms with E-state index in [-0.39, 0.29) is 41.7 Å². The van der Waals surface area contributed by atoms with Crippen molar-refractivity contribution in [1.82, 2.24) is 15.0 Å². The average molecular weight is 366 g/mol. The number of carbonyl (C=O) groups is 3. The summed E-state index contributed by atoms with van der Waals surface area (Å²) >= 11 is 6.00. The summed E-state index contributed by atoms with van der Waals surface area (Å²) in [5.74, 6) is -2.03. The summed E-state index contributed by atoms with van der Waals surface area (Å²) in [6, 6.07) is 6.48. The first-order valence-corrected chi connectivity index (χ1v) is 7.92. The van der Waals surface area contributed by atoms with Gasteiger partial charge in [-0.1, -0.05) is 28.9 Å². The monoisotopic (exact) mass is 365 g/mol. The Balaban J connectivity index is 2.37. The Morgan fingerprint density at radius 1 is 1.08 bits per heavy atom. The molecule has 0 spiro atoms. The lowest BCUT2D eigenvalue weighted by molar-refractivity contribution is 0.0466. The molecule has 8 nitrogen and oxygen atoms in total. The van der Waals surface area contributed by atoms with E-state index in [1.54, 1.807) is 38.1 Å². The van der Waals surface area contributed by atoms with Gasteiger partial charge in [-0.3, -0.25) is 4.79 Å². The number of hydrogen-bond donors (Lipinski definition) is 0. The largest absolute Gasteiger partial charge is 0.461 e. The number of rotatable bonds is 7. The van der Waals surface area contributed by atoms with Crippen LogP contribution < -0.4 is 0 Å². The van der Waals surface area contributed by atoms with Gasteiger partial charge in [0, 0.05) is 5.56 Å². The maximum Gasteiger partial charge on any atom is 0.361 e. The molecule has 0 atom stereocenters. The quantitative estimate of drug-likeness (QED) is 0.547. The van der Waals surface area contributed by atoms with Crippen molar-refractivity contribution in [3.05, 3.63) is 46.2 Å². The van der Waals surface area contributed by atoms with Gasteiger partial charge in [-0.05, 0) is 26.0 Å². The second kappa shape index (κ2) is 8.39. The highest BCUT2D eigenvalue weighted by Crippen LogP contribution is 2.17. The Labute approximate surface area is 148 Å². The molecule has 0 N–H and O–H groups in total. The minimum Gasteiger partial charge on any atom is -0.461 e. The van der Waals surface area contributed by atoms with Crippen LogP contribution in [0.4, 0.5) is 0 Å². The summed E-state index contributed by atoms with van der Waals surface area (Å²) in [5.41, 5.74) is -0.264. The number of esters is 2. The normalized spacial score (nSPS) is 10.4. The van der Waals surface area contributed by atoms with E-state index in [2.05, 4.69) is 10.3 Å². The third-order valence-corrected chi connectivity index (χ3v) is 3.47. The fraction of sp³-hybridized carbons (Fsp3) is 0.312. The third kappa shape index (κ3) is 4.21. The zero-order chi connectivity index (χ0) is 18.4. The van der Waals surface area contributed by atoms with Crippen molar-refractivity contribution in [2.75, 3.05) is 13.2 Å². The maximum atomic E-state index is 12.4. The van der Waals surface area contributed by atoms with Crippen molar-refractivity contribution in [3.8, 4) is 0 Å². The van der Waals surface area contributed by atoms with Crippen LogP contribution in [-0.4, -0.2) is 45.9 Å². The summed E-state index contributed by atoms with van der Waals surface area (Å²) in [4.78, 5) is 36.5. The highest BCUT2D eigenvalue weighted by Gasteiger charge is 2.28. The zero-order valence-corrected chi connectivity index (χ0v) is 14.4. The SMILES string of the molecule is CCOC(=O)c1nnn(CC(=O)c2ccccc2Cl)c1C(=O)OCC. The molecular formula is C16H16ClN3O5. The molecule has 1 aromatic carbocycles.